The molecule has 0 bridgehead atoms. The molecule has 1 heterocycles. The molecule has 0 saturated heterocycles. The fourth-order valence-electron chi connectivity index (χ4n) is 2.61. The number of nitrogens with two attached hydrogens (primary N) is 1. The molecule has 2 aromatic rings. The molecule has 1 amide bonds. The molecule has 1 fully saturated rings. The van der Waals surface area contributed by atoms with Gasteiger partial charge in [-0.3, -0.25) is 9.48 Å². The average Bonchev–Trinajstić information content (AvgIpc) is 3.21. The highest BCUT2D eigenvalue weighted by Crippen LogP contribution is 2.30. The van der Waals surface area contributed by atoms with E-state index < -0.39 is 0 Å². The van der Waals surface area contributed by atoms with Gasteiger partial charge in [0.2, 0.25) is 0 Å². The highest BCUT2D eigenvalue weighted by Gasteiger charge is 2.34. The maximum absolute atomic E-state index is 12.8. The maximum Gasteiger partial charge on any atom is 0.257 e. The van der Waals surface area contributed by atoms with Crippen LogP contribution in [0.15, 0.2) is 30.5 Å². The molecule has 3 rings (SSSR count). The Hall–Kier alpha value is -2.30. The van der Waals surface area contributed by atoms with E-state index in [0.29, 0.717) is 18.2 Å². The Morgan fingerprint density at radius 1 is 1.48 bits per heavy atom. The standard InChI is InChI=1S/C16H20N4O/c1-11-15(10-19(2)18-11)16(21)20(14-6-7-14)9-12-4-3-5-13(17)8-12/h3-5,8,10,14H,6-7,9,17H2,1-2H3. The summed E-state index contributed by atoms with van der Waals surface area (Å²) < 4.78 is 1.69. The van der Waals surface area contributed by atoms with E-state index in [4.69, 9.17) is 5.73 Å². The number of anilines is 1. The summed E-state index contributed by atoms with van der Waals surface area (Å²) in [6, 6.07) is 8.07. The predicted molar refractivity (Wildman–Crippen MR) is 81.7 cm³/mol. The van der Waals surface area contributed by atoms with Gasteiger partial charge >= 0.3 is 0 Å². The first-order chi connectivity index (χ1) is 10.0. The van der Waals surface area contributed by atoms with E-state index in [9.17, 15) is 4.79 Å². The lowest BCUT2D eigenvalue weighted by molar-refractivity contribution is 0.0729. The molecule has 0 radical (unpaired) electrons. The minimum atomic E-state index is 0.0607. The first kappa shape index (κ1) is 13.7. The van der Waals surface area contributed by atoms with Crippen molar-refractivity contribution >= 4 is 11.6 Å². The van der Waals surface area contributed by atoms with Gasteiger partial charge in [0, 0.05) is 31.5 Å². The molecule has 21 heavy (non-hydrogen) atoms. The van der Waals surface area contributed by atoms with Crippen LogP contribution in [0.25, 0.3) is 0 Å². The molecule has 2 N–H and O–H groups in total. The summed E-state index contributed by atoms with van der Waals surface area (Å²) in [5.74, 6) is 0.0607. The summed E-state index contributed by atoms with van der Waals surface area (Å²) in [6.07, 6.45) is 3.95. The second-order valence-electron chi connectivity index (χ2n) is 5.71. The van der Waals surface area contributed by atoms with E-state index in [2.05, 4.69) is 5.10 Å². The molecule has 1 aliphatic carbocycles. The Labute approximate surface area is 124 Å². The Balaban J connectivity index is 1.85. The normalized spacial score (nSPS) is 14.2. The van der Waals surface area contributed by atoms with E-state index in [-0.39, 0.29) is 5.91 Å². The number of aryl methyl sites for hydroxylation is 2. The summed E-state index contributed by atoms with van der Waals surface area (Å²) in [6.45, 7) is 2.47. The van der Waals surface area contributed by atoms with Gasteiger partial charge in [0.25, 0.3) is 5.91 Å². The molecule has 5 nitrogen and oxygen atoms in total. The molecule has 110 valence electrons. The lowest BCUT2D eigenvalue weighted by Gasteiger charge is -2.22. The average molecular weight is 284 g/mol. The lowest BCUT2D eigenvalue weighted by Crippen LogP contribution is -2.32. The molecule has 0 unspecified atom stereocenters. The van der Waals surface area contributed by atoms with Crippen LogP contribution in [0, 0.1) is 6.92 Å². The van der Waals surface area contributed by atoms with Gasteiger partial charge in [-0.1, -0.05) is 12.1 Å². The lowest BCUT2D eigenvalue weighted by atomic mass is 10.1. The van der Waals surface area contributed by atoms with Gasteiger partial charge in [0.05, 0.1) is 11.3 Å². The number of hydrogen-bond donors (Lipinski definition) is 1. The zero-order valence-corrected chi connectivity index (χ0v) is 12.4. The van der Waals surface area contributed by atoms with Crippen LogP contribution in [0.3, 0.4) is 0 Å². The van der Waals surface area contributed by atoms with Crippen molar-refractivity contribution in [1.82, 2.24) is 14.7 Å². The van der Waals surface area contributed by atoms with Crippen molar-refractivity contribution in [1.29, 1.82) is 0 Å². The van der Waals surface area contributed by atoms with Crippen molar-refractivity contribution in [3.05, 3.63) is 47.3 Å². The minimum Gasteiger partial charge on any atom is -0.399 e. The zero-order valence-electron chi connectivity index (χ0n) is 12.4. The third-order valence-corrected chi connectivity index (χ3v) is 3.80. The van der Waals surface area contributed by atoms with Crippen molar-refractivity contribution in [3.8, 4) is 0 Å². The summed E-state index contributed by atoms with van der Waals surface area (Å²) in [5, 5.41) is 4.26. The zero-order chi connectivity index (χ0) is 15.0. The van der Waals surface area contributed by atoms with E-state index >= 15 is 0 Å². The highest BCUT2D eigenvalue weighted by molar-refractivity contribution is 5.95. The van der Waals surface area contributed by atoms with Crippen LogP contribution >= 0.6 is 0 Å². The predicted octanol–water partition coefficient (Wildman–Crippen LogP) is 2.12. The largest absolute Gasteiger partial charge is 0.399 e. The van der Waals surface area contributed by atoms with Gasteiger partial charge in [-0.2, -0.15) is 5.10 Å². The van der Waals surface area contributed by atoms with Crippen molar-refractivity contribution in [3.63, 3.8) is 0 Å². The van der Waals surface area contributed by atoms with Gasteiger partial charge in [-0.15, -0.1) is 0 Å². The van der Waals surface area contributed by atoms with E-state index in [1.54, 1.807) is 10.9 Å². The second kappa shape index (κ2) is 5.24. The molecule has 1 aromatic carbocycles. The van der Waals surface area contributed by atoms with Gasteiger partial charge in [-0.25, -0.2) is 0 Å². The number of hydrogen-bond acceptors (Lipinski definition) is 3. The van der Waals surface area contributed by atoms with Gasteiger partial charge in [0.1, 0.15) is 0 Å². The summed E-state index contributed by atoms with van der Waals surface area (Å²) in [7, 11) is 1.84. The van der Waals surface area contributed by atoms with Gasteiger partial charge in [0.15, 0.2) is 0 Å². The molecule has 1 saturated carbocycles. The Bertz CT molecular complexity index is 673. The van der Waals surface area contributed by atoms with Crippen molar-refractivity contribution in [2.75, 3.05) is 5.73 Å². The Kier molecular flexibility index (Phi) is 3.41. The number of nitrogens with zero attached hydrogens (tertiary/aromatic N) is 3. The minimum absolute atomic E-state index is 0.0607. The molecule has 0 atom stereocenters. The third-order valence-electron chi connectivity index (χ3n) is 3.80. The molecule has 0 aliphatic heterocycles. The van der Waals surface area contributed by atoms with Gasteiger partial charge < -0.3 is 10.6 Å². The number of carbonyl (C=O) groups is 1. The van der Waals surface area contributed by atoms with E-state index in [0.717, 1.165) is 29.8 Å². The molecular formula is C16H20N4O. The fourth-order valence-corrected chi connectivity index (χ4v) is 2.61. The summed E-state index contributed by atoms with van der Waals surface area (Å²) >= 11 is 0. The summed E-state index contributed by atoms with van der Waals surface area (Å²) in [4.78, 5) is 14.7. The van der Waals surface area contributed by atoms with E-state index in [1.165, 1.54) is 0 Å². The van der Waals surface area contributed by atoms with Crippen LogP contribution in [0.5, 0.6) is 0 Å². The van der Waals surface area contributed by atoms with Gasteiger partial charge in [-0.05, 0) is 37.5 Å². The smallest absolute Gasteiger partial charge is 0.257 e. The van der Waals surface area contributed by atoms with Crippen LogP contribution in [0.2, 0.25) is 0 Å². The van der Waals surface area contributed by atoms with Crippen LogP contribution in [-0.4, -0.2) is 26.6 Å². The molecular weight excluding hydrogens is 264 g/mol. The van der Waals surface area contributed by atoms with Crippen LogP contribution in [0.4, 0.5) is 5.69 Å². The third kappa shape index (κ3) is 2.91. The quantitative estimate of drug-likeness (QED) is 0.875. The van der Waals surface area contributed by atoms with E-state index in [1.807, 2.05) is 43.1 Å². The first-order valence-corrected chi connectivity index (χ1v) is 7.20. The SMILES string of the molecule is Cc1nn(C)cc1C(=O)N(Cc1cccc(N)c1)C1CC1. The van der Waals surface area contributed by atoms with Crippen LogP contribution < -0.4 is 5.73 Å². The Morgan fingerprint density at radius 2 is 2.24 bits per heavy atom. The monoisotopic (exact) mass is 284 g/mol. The topological polar surface area (TPSA) is 64.2 Å². The summed E-state index contributed by atoms with van der Waals surface area (Å²) in [5.41, 5.74) is 9.09. The number of rotatable bonds is 4. The number of amides is 1. The number of nitrogen functional groups attached to an aromatic ring is 1. The van der Waals surface area contributed by atoms with Crippen molar-refractivity contribution in [2.45, 2.75) is 32.4 Å². The highest BCUT2D eigenvalue weighted by atomic mass is 16.2. The fraction of sp³-hybridized carbons (Fsp3) is 0.375. The number of aromatic nitrogens is 2. The molecule has 1 aliphatic rings. The first-order valence-electron chi connectivity index (χ1n) is 7.20. The van der Waals surface area contributed by atoms with Crippen molar-refractivity contribution in [2.24, 2.45) is 7.05 Å². The van der Waals surface area contributed by atoms with Crippen LogP contribution in [0.1, 0.15) is 34.5 Å². The Morgan fingerprint density at radius 3 is 2.81 bits per heavy atom. The molecule has 5 heteroatoms. The molecule has 1 aromatic heterocycles. The molecule has 0 spiro atoms. The van der Waals surface area contributed by atoms with Crippen molar-refractivity contribution < 1.29 is 4.79 Å². The number of benzene rings is 1. The number of carbonyl (C=O) groups excluding carboxylic acids is 1. The second-order valence-corrected chi connectivity index (χ2v) is 5.71. The van der Waals surface area contributed by atoms with Crippen LogP contribution in [-0.2, 0) is 13.6 Å². The maximum atomic E-state index is 12.8.